The Morgan fingerprint density at radius 3 is 2.75 bits per heavy atom. The van der Waals surface area contributed by atoms with Gasteiger partial charge in [0, 0.05) is 26.2 Å². The van der Waals surface area contributed by atoms with Crippen molar-refractivity contribution in [3.63, 3.8) is 0 Å². The number of hydrogen-bond donors (Lipinski definition) is 2. The van der Waals surface area contributed by atoms with E-state index in [0.717, 1.165) is 61.9 Å². The number of rotatable bonds is 8. The summed E-state index contributed by atoms with van der Waals surface area (Å²) in [6.45, 7) is 6.68. The van der Waals surface area contributed by atoms with Gasteiger partial charge < -0.3 is 20.1 Å². The Morgan fingerprint density at radius 1 is 1.25 bits per heavy atom. The van der Waals surface area contributed by atoms with Crippen molar-refractivity contribution in [3.05, 3.63) is 29.8 Å². The third-order valence-electron chi connectivity index (χ3n) is 6.56. The lowest BCUT2D eigenvalue weighted by atomic mass is 9.97. The lowest BCUT2D eigenvalue weighted by molar-refractivity contribution is -0.137. The van der Waals surface area contributed by atoms with Crippen molar-refractivity contribution >= 4 is 17.8 Å². The van der Waals surface area contributed by atoms with Crippen LogP contribution in [0, 0.1) is 0 Å². The van der Waals surface area contributed by atoms with Crippen LogP contribution in [0.1, 0.15) is 38.2 Å². The van der Waals surface area contributed by atoms with Gasteiger partial charge in [-0.25, -0.2) is 9.69 Å². The number of amides is 4. The van der Waals surface area contributed by atoms with E-state index in [0.29, 0.717) is 26.0 Å². The zero-order chi connectivity index (χ0) is 22.6. The highest BCUT2D eigenvalue weighted by molar-refractivity contribution is 6.09. The van der Waals surface area contributed by atoms with Crippen LogP contribution >= 0.6 is 0 Å². The summed E-state index contributed by atoms with van der Waals surface area (Å²) < 4.78 is 11.2. The van der Waals surface area contributed by atoms with Gasteiger partial charge in [-0.3, -0.25) is 14.5 Å². The molecular formula is C23H32N4O5. The number of imide groups is 1. The molecule has 1 unspecified atom stereocenters. The number of ether oxygens (including phenoxy) is 2. The number of nitrogens with one attached hydrogen (secondary N) is 2. The van der Waals surface area contributed by atoms with Crippen molar-refractivity contribution in [3.8, 4) is 5.75 Å². The van der Waals surface area contributed by atoms with E-state index in [4.69, 9.17) is 9.47 Å². The lowest BCUT2D eigenvalue weighted by Crippen LogP contribution is -2.49. The molecule has 9 nitrogen and oxygen atoms in total. The molecule has 2 N–H and O–H groups in total. The van der Waals surface area contributed by atoms with Crippen LogP contribution in [-0.2, 0) is 20.9 Å². The number of benzene rings is 1. The predicted octanol–water partition coefficient (Wildman–Crippen LogP) is 1.27. The Hall–Kier alpha value is -2.65. The molecule has 0 bridgehead atoms. The number of carbonyl (C=O) groups excluding carboxylic acids is 3. The average Bonchev–Trinajstić information content (AvgIpc) is 3.37. The first-order chi connectivity index (χ1) is 15.5. The van der Waals surface area contributed by atoms with E-state index in [1.807, 2.05) is 24.3 Å². The molecule has 1 saturated carbocycles. The van der Waals surface area contributed by atoms with Crippen molar-refractivity contribution in [1.29, 1.82) is 0 Å². The molecule has 9 heteroatoms. The number of nitrogens with zero attached hydrogens (tertiary/aromatic N) is 2. The van der Waals surface area contributed by atoms with Crippen molar-refractivity contribution in [2.45, 2.75) is 50.7 Å². The molecule has 1 aromatic carbocycles. The number of carbonyl (C=O) groups is 3. The van der Waals surface area contributed by atoms with Gasteiger partial charge in [0.1, 0.15) is 23.9 Å². The molecule has 2 heterocycles. The van der Waals surface area contributed by atoms with Gasteiger partial charge in [-0.05, 0) is 37.5 Å². The summed E-state index contributed by atoms with van der Waals surface area (Å²) in [5.74, 6) is 0.107. The minimum absolute atomic E-state index is 0.279. The van der Waals surface area contributed by atoms with Crippen molar-refractivity contribution in [1.82, 2.24) is 20.4 Å². The Morgan fingerprint density at radius 2 is 2.00 bits per heavy atom. The maximum Gasteiger partial charge on any atom is 0.325 e. The predicted molar refractivity (Wildman–Crippen MR) is 117 cm³/mol. The quantitative estimate of drug-likeness (QED) is 0.586. The minimum Gasteiger partial charge on any atom is -0.492 e. The highest BCUT2D eigenvalue weighted by Gasteiger charge is 2.54. The Bertz CT molecular complexity index is 849. The molecule has 3 aliphatic rings. The fraction of sp³-hybridized carbons (Fsp3) is 0.609. The fourth-order valence-electron chi connectivity index (χ4n) is 4.63. The Labute approximate surface area is 188 Å². The normalized spacial score (nSPS) is 21.6. The molecule has 174 valence electrons. The molecule has 32 heavy (non-hydrogen) atoms. The summed E-state index contributed by atoms with van der Waals surface area (Å²) in [5.41, 5.74) is 0.0808. The summed E-state index contributed by atoms with van der Waals surface area (Å²) in [6.07, 6.45) is 3.10. The smallest absolute Gasteiger partial charge is 0.325 e. The summed E-state index contributed by atoms with van der Waals surface area (Å²) in [4.78, 5) is 41.3. The van der Waals surface area contributed by atoms with E-state index in [9.17, 15) is 14.4 Å². The van der Waals surface area contributed by atoms with E-state index in [1.165, 1.54) is 0 Å². The molecule has 0 aromatic heterocycles. The van der Waals surface area contributed by atoms with Crippen molar-refractivity contribution in [2.24, 2.45) is 0 Å². The van der Waals surface area contributed by atoms with Crippen LogP contribution in [0.5, 0.6) is 5.75 Å². The van der Waals surface area contributed by atoms with Gasteiger partial charge in [-0.15, -0.1) is 0 Å². The Balaban J connectivity index is 1.26. The van der Waals surface area contributed by atoms with Crippen LogP contribution in [0.4, 0.5) is 4.79 Å². The third kappa shape index (κ3) is 4.88. The van der Waals surface area contributed by atoms with Gasteiger partial charge in [0.05, 0.1) is 13.2 Å². The third-order valence-corrected chi connectivity index (χ3v) is 6.56. The maximum atomic E-state index is 12.9. The largest absolute Gasteiger partial charge is 0.492 e. The van der Waals surface area contributed by atoms with E-state index in [-0.39, 0.29) is 11.8 Å². The monoisotopic (exact) mass is 444 g/mol. The molecule has 1 spiro atoms. The highest BCUT2D eigenvalue weighted by atomic mass is 16.5. The second-order valence-electron chi connectivity index (χ2n) is 8.74. The minimum atomic E-state index is -0.865. The zero-order valence-electron chi connectivity index (χ0n) is 18.6. The van der Waals surface area contributed by atoms with E-state index in [2.05, 4.69) is 15.5 Å². The molecule has 2 aliphatic heterocycles. The molecule has 4 rings (SSSR count). The fourth-order valence-corrected chi connectivity index (χ4v) is 4.63. The summed E-state index contributed by atoms with van der Waals surface area (Å²) in [5, 5.41) is 5.66. The van der Waals surface area contributed by atoms with Crippen LogP contribution in [0.25, 0.3) is 0 Å². The van der Waals surface area contributed by atoms with Gasteiger partial charge >= 0.3 is 6.03 Å². The van der Waals surface area contributed by atoms with Crippen molar-refractivity contribution < 1.29 is 23.9 Å². The molecule has 3 fully saturated rings. The van der Waals surface area contributed by atoms with E-state index < -0.39 is 17.6 Å². The van der Waals surface area contributed by atoms with E-state index in [1.54, 1.807) is 6.92 Å². The maximum absolute atomic E-state index is 12.9. The standard InChI is InChI=1S/C23H32N4O5/c1-17(27-21(29)23(25-22(27)30)7-2-3-8-23)20(28)24-16-18-5-4-6-19(15-18)32-14-11-26-9-12-31-13-10-26/h4-6,15,17H,2-3,7-14,16H2,1H3,(H,24,28)(H,25,30). The summed E-state index contributed by atoms with van der Waals surface area (Å²) in [6, 6.07) is 6.23. The lowest BCUT2D eigenvalue weighted by Gasteiger charge is -2.26. The summed E-state index contributed by atoms with van der Waals surface area (Å²) >= 11 is 0. The number of hydrogen-bond acceptors (Lipinski definition) is 6. The van der Waals surface area contributed by atoms with Gasteiger partial charge in [0.15, 0.2) is 0 Å². The van der Waals surface area contributed by atoms with Crippen LogP contribution in [0.15, 0.2) is 24.3 Å². The van der Waals surface area contributed by atoms with Crippen LogP contribution in [0.3, 0.4) is 0 Å². The SMILES string of the molecule is CC(C(=O)NCc1cccc(OCCN2CCOCC2)c1)N1C(=O)NC2(CCCC2)C1=O. The topological polar surface area (TPSA) is 100 Å². The Kier molecular flexibility index (Phi) is 6.95. The van der Waals surface area contributed by atoms with Gasteiger partial charge in [-0.1, -0.05) is 25.0 Å². The summed E-state index contributed by atoms with van der Waals surface area (Å²) in [7, 11) is 0. The van der Waals surface area contributed by atoms with E-state index >= 15 is 0 Å². The molecule has 0 radical (unpaired) electrons. The van der Waals surface area contributed by atoms with Gasteiger partial charge in [0.2, 0.25) is 5.91 Å². The zero-order valence-corrected chi connectivity index (χ0v) is 18.6. The van der Waals surface area contributed by atoms with Crippen LogP contribution < -0.4 is 15.4 Å². The molecule has 2 saturated heterocycles. The number of urea groups is 1. The molecule has 1 aromatic rings. The van der Waals surface area contributed by atoms with Gasteiger partial charge in [0.25, 0.3) is 5.91 Å². The molecule has 1 aliphatic carbocycles. The van der Waals surface area contributed by atoms with Crippen molar-refractivity contribution in [2.75, 3.05) is 39.5 Å². The first-order valence-corrected chi connectivity index (χ1v) is 11.4. The second kappa shape index (κ2) is 9.87. The average molecular weight is 445 g/mol. The van der Waals surface area contributed by atoms with Crippen LogP contribution in [0.2, 0.25) is 0 Å². The second-order valence-corrected chi connectivity index (χ2v) is 8.74. The first-order valence-electron chi connectivity index (χ1n) is 11.4. The molecular weight excluding hydrogens is 412 g/mol. The molecule has 4 amide bonds. The molecule has 1 atom stereocenters. The number of morpholine rings is 1. The van der Waals surface area contributed by atoms with Gasteiger partial charge in [-0.2, -0.15) is 0 Å². The first kappa shape index (κ1) is 22.5. The van der Waals surface area contributed by atoms with Crippen LogP contribution in [-0.4, -0.2) is 78.7 Å². The highest BCUT2D eigenvalue weighted by Crippen LogP contribution is 2.35.